The van der Waals surface area contributed by atoms with Crippen molar-refractivity contribution in [3.63, 3.8) is 0 Å². The van der Waals surface area contributed by atoms with Gasteiger partial charge in [-0.2, -0.15) is 0 Å². The Hall–Kier alpha value is -4.98. The Morgan fingerprint density at radius 1 is 0.542 bits per heavy atom. The summed E-state index contributed by atoms with van der Waals surface area (Å²) in [4.78, 5) is 45.8. The van der Waals surface area contributed by atoms with Gasteiger partial charge in [0.05, 0.1) is 26.4 Å². The molecule has 3 rings (SSSR count). The summed E-state index contributed by atoms with van der Waals surface area (Å²) in [6.07, 6.45) is 8.39. The smallest absolute Gasteiger partial charge is 0.333 e. The monoisotopic (exact) mass is 654 g/mol. The first-order valence-electron chi connectivity index (χ1n) is 16.4. The van der Waals surface area contributed by atoms with E-state index in [-0.39, 0.29) is 11.9 Å². The Balaban J connectivity index is 1.75. The summed E-state index contributed by atoms with van der Waals surface area (Å²) in [6.45, 7) is 12.2. The number of esters is 2. The molecule has 0 spiro atoms. The topological polar surface area (TPSA) is 105 Å². The molecule has 0 aromatic heterocycles. The van der Waals surface area contributed by atoms with Crippen LogP contribution in [-0.4, -0.2) is 50.9 Å². The van der Waals surface area contributed by atoms with Gasteiger partial charge in [-0.05, 0) is 88.5 Å². The number of hydrogen-bond acceptors (Lipinski definition) is 8. The van der Waals surface area contributed by atoms with Crippen molar-refractivity contribution >= 4 is 24.5 Å². The van der Waals surface area contributed by atoms with Crippen molar-refractivity contribution in [2.24, 2.45) is 0 Å². The van der Waals surface area contributed by atoms with E-state index >= 15 is 0 Å². The Morgan fingerprint density at radius 2 is 0.875 bits per heavy atom. The second kappa shape index (κ2) is 20.3. The second-order valence-electron chi connectivity index (χ2n) is 11.7. The largest absolute Gasteiger partial charge is 0.493 e. The lowest BCUT2D eigenvalue weighted by molar-refractivity contribution is -0.139. The average Bonchev–Trinajstić information content (AvgIpc) is 3.10. The van der Waals surface area contributed by atoms with Crippen LogP contribution in [0.15, 0.2) is 85.0 Å². The number of benzene rings is 3. The zero-order valence-electron chi connectivity index (χ0n) is 28.1. The number of unbranched alkanes of at least 4 members (excludes halogenated alkanes) is 6. The maximum atomic E-state index is 11.6. The predicted octanol–water partition coefficient (Wildman–Crippen LogP) is 8.76. The first-order valence-corrected chi connectivity index (χ1v) is 16.4. The first kappa shape index (κ1) is 37.5. The van der Waals surface area contributed by atoms with Crippen LogP contribution < -0.4 is 9.47 Å². The van der Waals surface area contributed by atoms with E-state index in [0.717, 1.165) is 86.2 Å². The fourth-order valence-electron chi connectivity index (χ4n) is 4.79. The van der Waals surface area contributed by atoms with Gasteiger partial charge in [0.2, 0.25) is 0 Å². The van der Waals surface area contributed by atoms with Crippen molar-refractivity contribution in [1.82, 2.24) is 0 Å². The Labute approximate surface area is 283 Å². The highest BCUT2D eigenvalue weighted by Gasteiger charge is 2.16. The van der Waals surface area contributed by atoms with Crippen LogP contribution in [0.25, 0.3) is 22.3 Å². The molecule has 0 aliphatic rings. The fourth-order valence-corrected chi connectivity index (χ4v) is 4.79. The Morgan fingerprint density at radius 3 is 1.19 bits per heavy atom. The van der Waals surface area contributed by atoms with Gasteiger partial charge in [-0.25, -0.2) is 9.59 Å². The molecule has 3 aromatic carbocycles. The predicted molar refractivity (Wildman–Crippen MR) is 188 cm³/mol. The quantitative estimate of drug-likeness (QED) is 0.0458. The van der Waals surface area contributed by atoms with Crippen LogP contribution in [-0.2, 0) is 19.1 Å². The fraction of sp³-hybridized carbons (Fsp3) is 0.350. The number of carbonyl (C=O) groups is 4. The molecule has 0 unspecified atom stereocenters. The third kappa shape index (κ3) is 12.3. The summed E-state index contributed by atoms with van der Waals surface area (Å²) in [5.74, 6) is 0.621. The van der Waals surface area contributed by atoms with Crippen LogP contribution in [0.4, 0.5) is 0 Å². The summed E-state index contributed by atoms with van der Waals surface area (Å²) >= 11 is 0. The molecule has 254 valence electrons. The van der Waals surface area contributed by atoms with Crippen LogP contribution in [0.2, 0.25) is 0 Å². The molecule has 0 fully saturated rings. The molecule has 3 aromatic rings. The van der Waals surface area contributed by atoms with E-state index in [4.69, 9.17) is 18.9 Å². The van der Waals surface area contributed by atoms with Crippen molar-refractivity contribution in [2.45, 2.75) is 65.2 Å². The van der Waals surface area contributed by atoms with Crippen molar-refractivity contribution < 1.29 is 38.1 Å². The van der Waals surface area contributed by atoms with Crippen molar-refractivity contribution in [1.29, 1.82) is 0 Å². The molecule has 0 atom stereocenters. The molecule has 0 aliphatic carbocycles. The van der Waals surface area contributed by atoms with E-state index in [0.29, 0.717) is 60.2 Å². The van der Waals surface area contributed by atoms with Gasteiger partial charge in [0.15, 0.2) is 0 Å². The third-order valence-electron chi connectivity index (χ3n) is 7.55. The number of rotatable bonds is 22. The van der Waals surface area contributed by atoms with E-state index in [1.807, 2.05) is 36.4 Å². The van der Waals surface area contributed by atoms with Gasteiger partial charge in [0.25, 0.3) is 0 Å². The van der Waals surface area contributed by atoms with Gasteiger partial charge in [0.1, 0.15) is 24.1 Å². The summed E-state index contributed by atoms with van der Waals surface area (Å²) in [6, 6.07) is 18.6. The van der Waals surface area contributed by atoms with E-state index in [1.165, 1.54) is 0 Å². The average molecular weight is 655 g/mol. The normalized spacial score (nSPS) is 10.5. The summed E-state index contributed by atoms with van der Waals surface area (Å²) in [7, 11) is 0. The molecule has 0 heterocycles. The number of carbonyl (C=O) groups excluding carboxylic acids is 4. The number of aldehydes is 2. The zero-order chi connectivity index (χ0) is 34.7. The third-order valence-corrected chi connectivity index (χ3v) is 7.55. The minimum absolute atomic E-state index is 0.366. The molecule has 0 saturated carbocycles. The Bertz CT molecular complexity index is 1420. The first-order chi connectivity index (χ1) is 23.2. The van der Waals surface area contributed by atoms with Crippen LogP contribution in [0.3, 0.4) is 0 Å². The van der Waals surface area contributed by atoms with Crippen molar-refractivity contribution in [3.8, 4) is 33.8 Å². The Kier molecular flexibility index (Phi) is 15.8. The SMILES string of the molecule is C=C(C)C(=O)OCCCCCCOc1cc(-c2ccc(C=O)cc2)c(OCCCCCCOC(=O)C(=C)C)cc1-c1ccc(C=O)cc1. The lowest BCUT2D eigenvalue weighted by Crippen LogP contribution is -2.06. The minimum Gasteiger partial charge on any atom is -0.493 e. The molecule has 0 N–H and O–H groups in total. The highest BCUT2D eigenvalue weighted by Crippen LogP contribution is 2.41. The van der Waals surface area contributed by atoms with Gasteiger partial charge < -0.3 is 18.9 Å². The summed E-state index contributed by atoms with van der Waals surface area (Å²) in [5, 5.41) is 0. The van der Waals surface area contributed by atoms with Gasteiger partial charge in [-0.3, -0.25) is 9.59 Å². The molecule has 0 saturated heterocycles. The van der Waals surface area contributed by atoms with Gasteiger partial charge in [-0.15, -0.1) is 0 Å². The molecular weight excluding hydrogens is 608 g/mol. The molecule has 48 heavy (non-hydrogen) atoms. The standard InChI is InChI=1S/C40H46O8/c1-29(2)39(43)47-23-11-7-5-9-21-45-37-25-36(34-19-15-32(28-42)16-20-34)38(26-35(37)33-17-13-31(27-41)14-18-33)46-22-10-6-8-12-24-48-40(44)30(3)4/h13-20,25-28H,1,3,5-12,21-24H2,2,4H3. The van der Waals surface area contributed by atoms with Gasteiger partial charge in [0, 0.05) is 33.4 Å². The molecule has 0 amide bonds. The number of ether oxygens (including phenoxy) is 4. The molecule has 0 aliphatic heterocycles. The summed E-state index contributed by atoms with van der Waals surface area (Å²) in [5.41, 5.74) is 5.38. The molecule has 0 radical (unpaired) electrons. The molecular formula is C40H46O8. The second-order valence-corrected chi connectivity index (χ2v) is 11.7. The van der Waals surface area contributed by atoms with E-state index in [2.05, 4.69) is 13.2 Å². The maximum absolute atomic E-state index is 11.6. The molecule has 8 heteroatoms. The molecule has 0 bridgehead atoms. The summed E-state index contributed by atoms with van der Waals surface area (Å²) < 4.78 is 23.1. The zero-order valence-corrected chi connectivity index (χ0v) is 28.1. The van der Waals surface area contributed by atoms with Crippen molar-refractivity contribution in [3.05, 3.63) is 96.1 Å². The maximum Gasteiger partial charge on any atom is 0.333 e. The van der Waals surface area contributed by atoms with Gasteiger partial charge >= 0.3 is 11.9 Å². The highest BCUT2D eigenvalue weighted by atomic mass is 16.5. The highest BCUT2D eigenvalue weighted by molar-refractivity contribution is 5.87. The van der Waals surface area contributed by atoms with Crippen LogP contribution in [0.1, 0.15) is 85.9 Å². The van der Waals surface area contributed by atoms with E-state index in [9.17, 15) is 19.2 Å². The lowest BCUT2D eigenvalue weighted by Gasteiger charge is -2.19. The van der Waals surface area contributed by atoms with Crippen LogP contribution >= 0.6 is 0 Å². The minimum atomic E-state index is -0.366. The lowest BCUT2D eigenvalue weighted by atomic mass is 9.96. The van der Waals surface area contributed by atoms with E-state index in [1.54, 1.807) is 38.1 Å². The van der Waals surface area contributed by atoms with Crippen LogP contribution in [0, 0.1) is 0 Å². The van der Waals surface area contributed by atoms with E-state index < -0.39 is 0 Å². The van der Waals surface area contributed by atoms with Crippen LogP contribution in [0.5, 0.6) is 11.5 Å². The van der Waals surface area contributed by atoms with Crippen molar-refractivity contribution in [2.75, 3.05) is 26.4 Å². The number of hydrogen-bond donors (Lipinski definition) is 0. The van der Waals surface area contributed by atoms with Gasteiger partial charge in [-0.1, -0.05) is 61.7 Å². The molecule has 8 nitrogen and oxygen atoms in total.